The van der Waals surface area contributed by atoms with Crippen LogP contribution in [0.15, 0.2) is 92.8 Å². The Hall–Kier alpha value is -4.79. The van der Waals surface area contributed by atoms with Gasteiger partial charge in [0.2, 0.25) is 0 Å². The van der Waals surface area contributed by atoms with Crippen molar-refractivity contribution >= 4 is 24.9 Å². The molecule has 0 atom stereocenters. The number of benzene rings is 4. The van der Waals surface area contributed by atoms with Gasteiger partial charge in [-0.1, -0.05) is 0 Å². The molecule has 0 saturated heterocycles. The molecule has 0 spiro atoms. The Morgan fingerprint density at radius 1 is 0.340 bits per heavy atom. The van der Waals surface area contributed by atoms with E-state index in [1.54, 1.807) is 0 Å². The van der Waals surface area contributed by atoms with Crippen molar-refractivity contribution in [3.63, 3.8) is 0 Å². The van der Waals surface area contributed by atoms with Crippen LogP contribution in [0.2, 0.25) is 0 Å². The molecule has 12 nitrogen and oxygen atoms in total. The molecule has 0 aliphatic heterocycles. The van der Waals surface area contributed by atoms with Crippen molar-refractivity contribution in [3.8, 4) is 46.0 Å². The quantitative estimate of drug-likeness (QED) is 0.0346. The zero-order valence-corrected chi connectivity index (χ0v) is 33.6. The van der Waals surface area contributed by atoms with Crippen molar-refractivity contribution in [3.05, 3.63) is 95.1 Å². The number of aliphatic imine (C=N–C) groups is 4. The Labute approximate surface area is 316 Å². The number of rotatable bonds is 14. The second kappa shape index (κ2) is 23.5. The van der Waals surface area contributed by atoms with Crippen molar-refractivity contribution < 1.29 is 79.8 Å². The Morgan fingerprint density at radius 3 is 0.740 bits per heavy atom. The third-order valence-corrected chi connectivity index (χ3v) is 6.61. The summed E-state index contributed by atoms with van der Waals surface area (Å²) in [5, 5.41) is 75.8. The summed E-state index contributed by atoms with van der Waals surface area (Å²) in [5.41, 5.74) is 1.92. The minimum atomic E-state index is 0. The standard InChI is InChI=1S/2C18H20N2O4.2Zn/c2*21-15-3-5-17(23)13(9-15)11-19-7-1-2-8-20-12-14-10-16(22)4-6-18(14)24;;/h2*3-6,9-12,21-24H,1-2,7-8H2;;. The normalized spacial score (nSPS) is 11.0. The van der Waals surface area contributed by atoms with Gasteiger partial charge in [0.05, 0.1) is 0 Å². The monoisotopic (exact) mass is 784 g/mol. The van der Waals surface area contributed by atoms with Crippen LogP contribution in [0.1, 0.15) is 47.9 Å². The molecule has 4 aromatic carbocycles. The Bertz CT molecular complexity index is 1500. The van der Waals surface area contributed by atoms with E-state index in [1.165, 1.54) is 97.7 Å². The average molecular weight is 788 g/mol. The third kappa shape index (κ3) is 16.1. The van der Waals surface area contributed by atoms with Gasteiger partial charge >= 0.3 is 0 Å². The zero-order valence-electron chi connectivity index (χ0n) is 27.7. The first-order valence-electron chi connectivity index (χ1n) is 15.2. The first-order chi connectivity index (χ1) is 23.1. The summed E-state index contributed by atoms with van der Waals surface area (Å²) < 4.78 is 0. The van der Waals surface area contributed by atoms with Gasteiger partial charge in [0, 0.05) is 112 Å². The van der Waals surface area contributed by atoms with Crippen LogP contribution in [0.3, 0.4) is 0 Å². The number of aromatic hydroxyl groups is 8. The van der Waals surface area contributed by atoms with E-state index in [0.29, 0.717) is 48.4 Å². The first kappa shape index (κ1) is 43.2. The van der Waals surface area contributed by atoms with Gasteiger partial charge in [0.1, 0.15) is 46.0 Å². The predicted octanol–water partition coefficient (Wildman–Crippen LogP) is 5.65. The van der Waals surface area contributed by atoms with E-state index in [9.17, 15) is 40.9 Å². The van der Waals surface area contributed by atoms with Crippen LogP contribution >= 0.6 is 0 Å². The average Bonchev–Trinajstić information content (AvgIpc) is 3.06. The molecule has 14 heteroatoms. The molecule has 256 valence electrons. The topological polar surface area (TPSA) is 211 Å². The molecule has 4 rings (SSSR count). The van der Waals surface area contributed by atoms with Gasteiger partial charge in [-0.05, 0) is 98.5 Å². The fourth-order valence-electron chi connectivity index (χ4n) is 4.05. The minimum Gasteiger partial charge on any atom is -0.508 e. The molecule has 0 aliphatic carbocycles. The molecule has 0 bridgehead atoms. The fraction of sp³-hybridized carbons (Fsp3) is 0.222. The minimum absolute atomic E-state index is 0. The summed E-state index contributed by atoms with van der Waals surface area (Å²) in [4.78, 5) is 16.8. The van der Waals surface area contributed by atoms with E-state index in [0.717, 1.165) is 25.7 Å². The number of unbranched alkanes of at least 4 members (excludes halogenated alkanes) is 2. The van der Waals surface area contributed by atoms with Gasteiger partial charge in [-0.25, -0.2) is 0 Å². The van der Waals surface area contributed by atoms with Crippen LogP contribution in [0.25, 0.3) is 0 Å². The van der Waals surface area contributed by atoms with E-state index >= 15 is 0 Å². The molecule has 0 radical (unpaired) electrons. The van der Waals surface area contributed by atoms with Crippen LogP contribution in [-0.2, 0) is 39.0 Å². The maximum Gasteiger partial charge on any atom is 0.124 e. The van der Waals surface area contributed by atoms with Crippen molar-refractivity contribution in [1.82, 2.24) is 0 Å². The summed E-state index contributed by atoms with van der Waals surface area (Å²) in [6.07, 6.45) is 9.40. The van der Waals surface area contributed by atoms with Crippen LogP contribution in [0.5, 0.6) is 46.0 Å². The molecule has 0 saturated carbocycles. The van der Waals surface area contributed by atoms with Crippen LogP contribution in [0, 0.1) is 0 Å². The van der Waals surface area contributed by atoms with Crippen molar-refractivity contribution in [2.45, 2.75) is 25.7 Å². The van der Waals surface area contributed by atoms with Crippen LogP contribution in [-0.4, -0.2) is 91.9 Å². The number of phenols is 8. The zero-order chi connectivity index (χ0) is 34.7. The van der Waals surface area contributed by atoms with Gasteiger partial charge in [-0.3, -0.25) is 20.0 Å². The second-order valence-electron chi connectivity index (χ2n) is 10.5. The van der Waals surface area contributed by atoms with Crippen molar-refractivity contribution in [2.75, 3.05) is 26.2 Å². The van der Waals surface area contributed by atoms with Gasteiger partial charge < -0.3 is 40.9 Å². The van der Waals surface area contributed by atoms with Gasteiger partial charge in [-0.2, -0.15) is 0 Å². The van der Waals surface area contributed by atoms with Crippen LogP contribution in [0.4, 0.5) is 0 Å². The molecular weight excluding hydrogens is 747 g/mol. The molecule has 0 aliphatic rings. The van der Waals surface area contributed by atoms with E-state index in [1.807, 2.05) is 0 Å². The first-order valence-corrected chi connectivity index (χ1v) is 15.2. The molecule has 0 heterocycles. The van der Waals surface area contributed by atoms with Crippen LogP contribution < -0.4 is 0 Å². The number of hydrogen-bond acceptors (Lipinski definition) is 12. The fourth-order valence-corrected chi connectivity index (χ4v) is 4.05. The second-order valence-corrected chi connectivity index (χ2v) is 10.5. The molecule has 0 unspecified atom stereocenters. The Balaban J connectivity index is 0.000000481. The molecular formula is C36H40N4O8Zn2. The van der Waals surface area contributed by atoms with E-state index in [4.69, 9.17) is 0 Å². The molecule has 0 aromatic heterocycles. The largest absolute Gasteiger partial charge is 0.508 e. The van der Waals surface area contributed by atoms with Crippen molar-refractivity contribution in [1.29, 1.82) is 0 Å². The van der Waals surface area contributed by atoms with Gasteiger partial charge in [0.25, 0.3) is 0 Å². The number of hydrogen-bond donors (Lipinski definition) is 8. The summed E-state index contributed by atoms with van der Waals surface area (Å²) in [7, 11) is 0. The number of nitrogens with zero attached hydrogens (tertiary/aromatic N) is 4. The number of phenolic OH excluding ortho intramolecular Hbond substituents is 8. The van der Waals surface area contributed by atoms with E-state index in [2.05, 4.69) is 20.0 Å². The molecule has 0 amide bonds. The molecule has 0 fully saturated rings. The van der Waals surface area contributed by atoms with Crippen molar-refractivity contribution in [2.24, 2.45) is 20.0 Å². The summed E-state index contributed by atoms with van der Waals surface area (Å²) >= 11 is 0. The van der Waals surface area contributed by atoms with E-state index < -0.39 is 0 Å². The summed E-state index contributed by atoms with van der Waals surface area (Å²) in [5.74, 6) is 0.633. The van der Waals surface area contributed by atoms with Gasteiger partial charge in [0.15, 0.2) is 0 Å². The molecule has 4 aromatic rings. The predicted molar refractivity (Wildman–Crippen MR) is 187 cm³/mol. The maximum atomic E-state index is 9.60. The van der Waals surface area contributed by atoms with Gasteiger partial charge in [-0.15, -0.1) is 0 Å². The summed E-state index contributed by atoms with van der Waals surface area (Å²) in [6.45, 7) is 2.34. The Morgan fingerprint density at radius 2 is 0.540 bits per heavy atom. The molecule has 50 heavy (non-hydrogen) atoms. The summed E-state index contributed by atoms with van der Waals surface area (Å²) in [6, 6.07) is 17.1. The molecule has 8 N–H and O–H groups in total. The Kier molecular flexibility index (Phi) is 20.4. The third-order valence-electron chi connectivity index (χ3n) is 6.61. The smallest absolute Gasteiger partial charge is 0.124 e. The maximum absolute atomic E-state index is 9.60. The SMILES string of the molecule is Oc1ccc(O)c(C=NCCCCN=Cc2cc(O)ccc2O)c1.Oc1ccc(O)c(C=NCCCCN=Cc2cc(O)ccc2O)c1.[Zn].[Zn]. The van der Waals surface area contributed by atoms with E-state index in [-0.39, 0.29) is 85.0 Å².